The van der Waals surface area contributed by atoms with Crippen LogP contribution in [0.15, 0.2) is 83.5 Å². The number of benzene rings is 3. The van der Waals surface area contributed by atoms with Crippen LogP contribution >= 0.6 is 15.9 Å². The van der Waals surface area contributed by atoms with Gasteiger partial charge in [-0.1, -0.05) is 46.3 Å². The van der Waals surface area contributed by atoms with Crippen LogP contribution in [0, 0.1) is 10.1 Å². The second-order valence-corrected chi connectivity index (χ2v) is 6.95. The maximum absolute atomic E-state index is 11.5. The van der Waals surface area contributed by atoms with E-state index >= 15 is 0 Å². The number of rotatable bonds is 6. The van der Waals surface area contributed by atoms with Crippen molar-refractivity contribution in [1.82, 2.24) is 0 Å². The SMILES string of the molecule is COC=C(C(=O)OC)c1ccccc1Br.O=[N+]([O-])c1cccc(Oc2cccc(O)c2)c1. The lowest BCUT2D eigenvalue weighted by Gasteiger charge is -2.06. The number of carbonyl (C=O) groups is 1. The quantitative estimate of drug-likeness (QED) is 0.151. The highest BCUT2D eigenvalue weighted by Gasteiger charge is 2.15. The van der Waals surface area contributed by atoms with E-state index in [1.165, 1.54) is 50.8 Å². The summed E-state index contributed by atoms with van der Waals surface area (Å²) >= 11 is 3.36. The van der Waals surface area contributed by atoms with Gasteiger partial charge in [-0.3, -0.25) is 10.1 Å². The second kappa shape index (κ2) is 12.1. The van der Waals surface area contributed by atoms with Gasteiger partial charge in [-0.15, -0.1) is 0 Å². The van der Waals surface area contributed by atoms with E-state index in [4.69, 9.17) is 9.47 Å². The minimum atomic E-state index is -0.491. The van der Waals surface area contributed by atoms with Crippen LogP contribution in [0.25, 0.3) is 5.57 Å². The summed E-state index contributed by atoms with van der Waals surface area (Å²) in [5.41, 5.74) is 1.08. The fourth-order valence-corrected chi connectivity index (χ4v) is 2.97. The van der Waals surface area contributed by atoms with E-state index in [1.54, 1.807) is 18.2 Å². The average Bonchev–Trinajstić information content (AvgIpc) is 2.78. The number of phenols is 1. The molecule has 3 aromatic carbocycles. The number of hydrogen-bond acceptors (Lipinski definition) is 7. The number of non-ortho nitro benzene ring substituents is 1. The molecule has 0 aliphatic rings. The van der Waals surface area contributed by atoms with Crippen LogP contribution in [0.3, 0.4) is 0 Å². The van der Waals surface area contributed by atoms with Gasteiger partial charge in [-0.05, 0) is 24.3 Å². The lowest BCUT2D eigenvalue weighted by Crippen LogP contribution is -2.04. The van der Waals surface area contributed by atoms with Gasteiger partial charge in [-0.2, -0.15) is 0 Å². The Morgan fingerprint density at radius 3 is 2.25 bits per heavy atom. The summed E-state index contributed by atoms with van der Waals surface area (Å²) in [6.07, 6.45) is 1.37. The molecule has 0 aliphatic heterocycles. The van der Waals surface area contributed by atoms with E-state index in [1.807, 2.05) is 24.3 Å². The van der Waals surface area contributed by atoms with Crippen LogP contribution in [0.1, 0.15) is 5.56 Å². The van der Waals surface area contributed by atoms with Gasteiger partial charge >= 0.3 is 5.97 Å². The lowest BCUT2D eigenvalue weighted by molar-refractivity contribution is -0.384. The molecular formula is C23H20BrNO7. The zero-order chi connectivity index (χ0) is 23.5. The number of phenolic OH excluding ortho intramolecular Hbond substituents is 1. The Morgan fingerprint density at radius 1 is 1.00 bits per heavy atom. The predicted octanol–water partition coefficient (Wildman–Crippen LogP) is 5.70. The number of halogens is 1. The third-order valence-electron chi connectivity index (χ3n) is 3.89. The number of nitro benzene ring substituents is 1. The molecule has 0 saturated carbocycles. The van der Waals surface area contributed by atoms with E-state index < -0.39 is 10.9 Å². The standard InChI is InChI=1S/C12H9NO4.C11H11BrO3/c14-10-4-2-6-12(8-10)17-11-5-1-3-9(7-11)13(15)16;1-14-7-9(11(13)15-2)8-5-3-4-6-10(8)12/h1-8,14H;3-7H,1-2H3. The first-order chi connectivity index (χ1) is 15.3. The number of ether oxygens (including phenoxy) is 3. The molecule has 0 saturated heterocycles. The van der Waals surface area contributed by atoms with Gasteiger partial charge in [0.2, 0.25) is 0 Å². The molecule has 0 aliphatic carbocycles. The number of hydrogen-bond donors (Lipinski definition) is 1. The van der Waals surface area contributed by atoms with Crippen molar-refractivity contribution in [2.24, 2.45) is 0 Å². The monoisotopic (exact) mass is 501 g/mol. The van der Waals surface area contributed by atoms with Gasteiger partial charge in [0, 0.05) is 22.2 Å². The highest BCUT2D eigenvalue weighted by atomic mass is 79.9. The summed E-state index contributed by atoms with van der Waals surface area (Å²) in [5.74, 6) is 0.423. The molecule has 1 N–H and O–H groups in total. The van der Waals surface area contributed by atoms with Crippen molar-refractivity contribution in [3.05, 3.63) is 99.2 Å². The fourth-order valence-electron chi connectivity index (χ4n) is 2.47. The second-order valence-electron chi connectivity index (χ2n) is 6.09. The Labute approximate surface area is 193 Å². The van der Waals surface area contributed by atoms with Crippen LogP contribution in [-0.2, 0) is 14.3 Å². The number of aromatic hydroxyl groups is 1. The fraction of sp³-hybridized carbons (Fsp3) is 0.0870. The first kappa shape index (κ1) is 24.4. The zero-order valence-corrected chi connectivity index (χ0v) is 18.8. The summed E-state index contributed by atoms with van der Waals surface area (Å²) in [5, 5.41) is 19.8. The Hall–Kier alpha value is -3.85. The van der Waals surface area contributed by atoms with Gasteiger partial charge in [0.25, 0.3) is 5.69 Å². The van der Waals surface area contributed by atoms with E-state index in [0.29, 0.717) is 17.1 Å². The largest absolute Gasteiger partial charge is 0.508 e. The molecular weight excluding hydrogens is 482 g/mol. The van der Waals surface area contributed by atoms with Gasteiger partial charge in [0.05, 0.1) is 31.5 Å². The molecule has 166 valence electrons. The number of carbonyl (C=O) groups excluding carboxylic acids is 1. The molecule has 0 atom stereocenters. The van der Waals surface area contributed by atoms with Crippen LogP contribution in [0.2, 0.25) is 0 Å². The first-order valence-electron chi connectivity index (χ1n) is 9.13. The van der Waals surface area contributed by atoms with Gasteiger partial charge in [-0.25, -0.2) is 4.79 Å². The summed E-state index contributed by atoms with van der Waals surface area (Å²) < 4.78 is 15.7. The third kappa shape index (κ3) is 7.13. The van der Waals surface area contributed by atoms with Crippen LogP contribution in [0.4, 0.5) is 5.69 Å². The van der Waals surface area contributed by atoms with Crippen LogP contribution in [0.5, 0.6) is 17.2 Å². The Balaban J connectivity index is 0.000000229. The molecule has 0 amide bonds. The Morgan fingerprint density at radius 2 is 1.66 bits per heavy atom. The number of nitrogens with zero attached hydrogens (tertiary/aromatic N) is 1. The van der Waals surface area contributed by atoms with Gasteiger partial charge in [0.1, 0.15) is 22.8 Å². The number of methoxy groups -OCH3 is 2. The normalized spacial score (nSPS) is 10.4. The van der Waals surface area contributed by atoms with Crippen molar-refractivity contribution < 1.29 is 29.0 Å². The topological polar surface area (TPSA) is 108 Å². The highest BCUT2D eigenvalue weighted by Crippen LogP contribution is 2.27. The smallest absolute Gasteiger partial charge is 0.341 e. The van der Waals surface area contributed by atoms with Gasteiger partial charge in [0.15, 0.2) is 0 Å². The molecule has 0 aromatic heterocycles. The summed E-state index contributed by atoms with van der Waals surface area (Å²) in [4.78, 5) is 21.5. The average molecular weight is 502 g/mol. The van der Waals surface area contributed by atoms with E-state index in [9.17, 15) is 20.0 Å². The molecule has 0 unspecified atom stereocenters. The highest BCUT2D eigenvalue weighted by molar-refractivity contribution is 9.10. The van der Waals surface area contributed by atoms with Crippen LogP contribution < -0.4 is 4.74 Å². The summed E-state index contributed by atoms with van der Waals surface area (Å²) in [6.45, 7) is 0. The molecule has 32 heavy (non-hydrogen) atoms. The number of esters is 1. The molecule has 0 bridgehead atoms. The molecule has 8 nitrogen and oxygen atoms in total. The molecule has 3 rings (SSSR count). The van der Waals surface area contributed by atoms with Crippen LogP contribution in [-0.4, -0.2) is 30.2 Å². The molecule has 3 aromatic rings. The minimum absolute atomic E-state index is 0.0392. The van der Waals surface area contributed by atoms with Crippen molar-refractivity contribution in [3.8, 4) is 17.2 Å². The molecule has 0 fully saturated rings. The maximum atomic E-state index is 11.5. The van der Waals surface area contributed by atoms with E-state index in [0.717, 1.165) is 10.0 Å². The van der Waals surface area contributed by atoms with Crippen molar-refractivity contribution in [2.45, 2.75) is 0 Å². The maximum Gasteiger partial charge on any atom is 0.341 e. The Bertz CT molecular complexity index is 1110. The van der Waals surface area contributed by atoms with Crippen molar-refractivity contribution in [2.75, 3.05) is 14.2 Å². The molecule has 0 heterocycles. The van der Waals surface area contributed by atoms with E-state index in [-0.39, 0.29) is 11.4 Å². The van der Waals surface area contributed by atoms with E-state index in [2.05, 4.69) is 20.7 Å². The molecule has 9 heteroatoms. The minimum Gasteiger partial charge on any atom is -0.508 e. The predicted molar refractivity (Wildman–Crippen MR) is 122 cm³/mol. The summed E-state index contributed by atoms with van der Waals surface area (Å²) in [7, 11) is 2.82. The zero-order valence-electron chi connectivity index (χ0n) is 17.2. The lowest BCUT2D eigenvalue weighted by atomic mass is 10.1. The van der Waals surface area contributed by atoms with Gasteiger partial charge < -0.3 is 19.3 Å². The first-order valence-corrected chi connectivity index (χ1v) is 9.92. The van der Waals surface area contributed by atoms with Crippen molar-refractivity contribution in [3.63, 3.8) is 0 Å². The number of nitro groups is 1. The summed E-state index contributed by atoms with van der Waals surface area (Å²) in [6, 6.07) is 19.4. The van der Waals surface area contributed by atoms with Crippen molar-refractivity contribution in [1.29, 1.82) is 0 Å². The third-order valence-corrected chi connectivity index (χ3v) is 4.58. The van der Waals surface area contributed by atoms with Crippen molar-refractivity contribution >= 4 is 33.2 Å². The molecule has 0 radical (unpaired) electrons. The Kier molecular flexibility index (Phi) is 9.24. The molecule has 0 spiro atoms.